The van der Waals surface area contributed by atoms with Gasteiger partial charge in [-0.1, -0.05) is 6.92 Å². The predicted octanol–water partition coefficient (Wildman–Crippen LogP) is 1.61. The van der Waals surface area contributed by atoms with E-state index in [2.05, 4.69) is 27.9 Å². The zero-order valence-electron chi connectivity index (χ0n) is 10.5. The topological polar surface area (TPSA) is 29.6 Å². The van der Waals surface area contributed by atoms with Gasteiger partial charge in [-0.2, -0.15) is 0 Å². The van der Waals surface area contributed by atoms with Crippen LogP contribution in [0.25, 0.3) is 0 Å². The van der Waals surface area contributed by atoms with Crippen LogP contribution >= 0.6 is 0 Å². The third-order valence-electron chi connectivity index (χ3n) is 3.00. The maximum Gasteiger partial charge on any atom is 0.186 e. The lowest BCUT2D eigenvalue weighted by atomic mass is 10.0. The predicted molar refractivity (Wildman–Crippen MR) is 60.7 cm³/mol. The average Bonchev–Trinajstić information content (AvgIpc) is 2.80. The van der Waals surface area contributed by atoms with Gasteiger partial charge in [-0.25, -0.2) is 0 Å². The van der Waals surface area contributed by atoms with Crippen molar-refractivity contribution in [3.05, 3.63) is 0 Å². The highest BCUT2D eigenvalue weighted by Gasteiger charge is 2.39. The SMILES string of the molecule is CCC[N+](C)(C)CC(=O)CCC1(C)CO1. The molecule has 1 atom stereocenters. The fourth-order valence-electron chi connectivity index (χ4n) is 1.91. The van der Waals surface area contributed by atoms with Gasteiger partial charge in [0.1, 0.15) is 6.54 Å². The number of hydrogen-bond donors (Lipinski definition) is 0. The minimum Gasteiger partial charge on any atom is -0.370 e. The molecule has 1 aliphatic rings. The molecule has 1 unspecified atom stereocenters. The van der Waals surface area contributed by atoms with Crippen LogP contribution in [0.4, 0.5) is 0 Å². The Balaban J connectivity index is 2.22. The summed E-state index contributed by atoms with van der Waals surface area (Å²) in [6, 6.07) is 0. The third kappa shape index (κ3) is 4.76. The number of ketones is 1. The van der Waals surface area contributed by atoms with E-state index < -0.39 is 0 Å². The first-order valence-electron chi connectivity index (χ1n) is 5.85. The Kier molecular flexibility index (Phi) is 3.90. The van der Waals surface area contributed by atoms with Gasteiger partial charge in [-0.3, -0.25) is 4.79 Å². The molecule has 0 N–H and O–H groups in total. The molecule has 3 nitrogen and oxygen atoms in total. The van der Waals surface area contributed by atoms with Crippen molar-refractivity contribution in [2.75, 3.05) is 33.8 Å². The zero-order chi connectivity index (χ0) is 11.5. The van der Waals surface area contributed by atoms with Crippen molar-refractivity contribution in [3.63, 3.8) is 0 Å². The summed E-state index contributed by atoms with van der Waals surface area (Å²) in [5.41, 5.74) is 0.0254. The molecule has 0 saturated carbocycles. The van der Waals surface area contributed by atoms with Crippen LogP contribution in [0.2, 0.25) is 0 Å². The molecule has 0 aromatic carbocycles. The van der Waals surface area contributed by atoms with Crippen molar-refractivity contribution in [2.45, 2.75) is 38.7 Å². The summed E-state index contributed by atoms with van der Waals surface area (Å²) in [5, 5.41) is 0. The van der Waals surface area contributed by atoms with Gasteiger partial charge in [0.25, 0.3) is 0 Å². The van der Waals surface area contributed by atoms with Gasteiger partial charge in [-0.05, 0) is 19.8 Å². The molecule has 0 bridgehead atoms. The molecule has 1 heterocycles. The fraction of sp³-hybridized carbons (Fsp3) is 0.917. The average molecular weight is 214 g/mol. The first kappa shape index (κ1) is 12.7. The number of quaternary nitrogens is 1. The van der Waals surface area contributed by atoms with Gasteiger partial charge in [-0.15, -0.1) is 0 Å². The summed E-state index contributed by atoms with van der Waals surface area (Å²) in [6.07, 6.45) is 2.68. The van der Waals surface area contributed by atoms with E-state index in [0.717, 1.165) is 30.5 Å². The molecule has 1 aliphatic heterocycles. The van der Waals surface area contributed by atoms with Crippen molar-refractivity contribution in [1.29, 1.82) is 0 Å². The number of nitrogens with zero attached hydrogens (tertiary/aromatic N) is 1. The first-order valence-corrected chi connectivity index (χ1v) is 5.85. The molecule has 1 saturated heterocycles. The second kappa shape index (κ2) is 4.62. The van der Waals surface area contributed by atoms with Gasteiger partial charge < -0.3 is 9.22 Å². The zero-order valence-corrected chi connectivity index (χ0v) is 10.5. The molecule has 1 rings (SSSR count). The maximum atomic E-state index is 11.7. The lowest BCUT2D eigenvalue weighted by Crippen LogP contribution is -2.44. The Hall–Kier alpha value is -0.410. The largest absolute Gasteiger partial charge is 0.370 e. The Bertz CT molecular complexity index is 232. The van der Waals surface area contributed by atoms with Crippen LogP contribution in [-0.2, 0) is 9.53 Å². The lowest BCUT2D eigenvalue weighted by molar-refractivity contribution is -0.882. The molecule has 0 aromatic heterocycles. The number of Topliss-reactive ketones (excluding diaryl/α,β-unsaturated/α-hetero) is 1. The quantitative estimate of drug-likeness (QED) is 0.476. The monoisotopic (exact) mass is 214 g/mol. The number of carbonyl (C=O) groups excluding carboxylic acids is 1. The van der Waals surface area contributed by atoms with Gasteiger partial charge in [0.05, 0.1) is 32.8 Å². The number of hydrogen-bond acceptors (Lipinski definition) is 2. The summed E-state index contributed by atoms with van der Waals surface area (Å²) >= 11 is 0. The molecule has 88 valence electrons. The summed E-state index contributed by atoms with van der Waals surface area (Å²) < 4.78 is 6.08. The Labute approximate surface area is 93.0 Å². The van der Waals surface area contributed by atoms with E-state index in [1.165, 1.54) is 0 Å². The van der Waals surface area contributed by atoms with E-state index in [1.807, 2.05) is 0 Å². The molecule has 0 aliphatic carbocycles. The fourth-order valence-corrected chi connectivity index (χ4v) is 1.91. The first-order chi connectivity index (χ1) is 6.87. The van der Waals surface area contributed by atoms with Crippen LogP contribution in [0.1, 0.15) is 33.1 Å². The Morgan fingerprint density at radius 2 is 2.07 bits per heavy atom. The highest BCUT2D eigenvalue weighted by atomic mass is 16.6. The van der Waals surface area contributed by atoms with E-state index in [-0.39, 0.29) is 5.60 Å². The number of rotatable bonds is 7. The van der Waals surface area contributed by atoms with Crippen molar-refractivity contribution in [3.8, 4) is 0 Å². The summed E-state index contributed by atoms with van der Waals surface area (Å²) in [5.74, 6) is 0.366. The van der Waals surface area contributed by atoms with Crippen molar-refractivity contribution >= 4 is 5.78 Å². The van der Waals surface area contributed by atoms with E-state index in [1.54, 1.807) is 0 Å². The highest BCUT2D eigenvalue weighted by Crippen LogP contribution is 2.31. The Morgan fingerprint density at radius 3 is 2.53 bits per heavy atom. The van der Waals surface area contributed by atoms with Crippen LogP contribution in [0.3, 0.4) is 0 Å². The normalized spacial score (nSPS) is 25.3. The molecule has 0 amide bonds. The van der Waals surface area contributed by atoms with Crippen LogP contribution in [0.5, 0.6) is 0 Å². The van der Waals surface area contributed by atoms with Crippen LogP contribution in [0, 0.1) is 0 Å². The second-order valence-corrected chi connectivity index (χ2v) is 5.59. The van der Waals surface area contributed by atoms with Crippen molar-refractivity contribution in [1.82, 2.24) is 0 Å². The van der Waals surface area contributed by atoms with Gasteiger partial charge >= 0.3 is 0 Å². The molecule has 0 radical (unpaired) electrons. The summed E-state index contributed by atoms with van der Waals surface area (Å²) in [4.78, 5) is 11.7. The van der Waals surface area contributed by atoms with E-state index in [0.29, 0.717) is 18.7 Å². The molecular weight excluding hydrogens is 190 g/mol. The number of epoxide rings is 1. The van der Waals surface area contributed by atoms with Gasteiger partial charge in [0, 0.05) is 6.42 Å². The smallest absolute Gasteiger partial charge is 0.186 e. The van der Waals surface area contributed by atoms with Crippen molar-refractivity contribution in [2.24, 2.45) is 0 Å². The molecule has 0 aromatic rings. The standard InChI is InChI=1S/C12H24NO2/c1-5-8-13(3,4)9-11(14)6-7-12(2)10-15-12/h5-10H2,1-4H3/q+1. The molecule has 3 heteroatoms. The van der Waals surface area contributed by atoms with Gasteiger partial charge in [0.15, 0.2) is 5.78 Å². The molecule has 0 spiro atoms. The Morgan fingerprint density at radius 1 is 1.47 bits per heavy atom. The van der Waals surface area contributed by atoms with E-state index in [9.17, 15) is 4.79 Å². The summed E-state index contributed by atoms with van der Waals surface area (Å²) in [6.45, 7) is 6.78. The van der Waals surface area contributed by atoms with E-state index >= 15 is 0 Å². The minimum absolute atomic E-state index is 0.0254. The summed E-state index contributed by atoms with van der Waals surface area (Å²) in [7, 11) is 4.24. The third-order valence-corrected chi connectivity index (χ3v) is 3.00. The van der Waals surface area contributed by atoms with Gasteiger partial charge in [0.2, 0.25) is 0 Å². The number of likely N-dealkylation sites (N-methyl/N-ethyl adjacent to an activating group) is 1. The molecule has 15 heavy (non-hydrogen) atoms. The number of ether oxygens (including phenoxy) is 1. The van der Waals surface area contributed by atoms with Crippen LogP contribution in [0.15, 0.2) is 0 Å². The van der Waals surface area contributed by atoms with Crippen LogP contribution < -0.4 is 0 Å². The van der Waals surface area contributed by atoms with Crippen molar-refractivity contribution < 1.29 is 14.0 Å². The lowest BCUT2D eigenvalue weighted by Gasteiger charge is -2.28. The molecule has 1 fully saturated rings. The van der Waals surface area contributed by atoms with Crippen LogP contribution in [-0.4, -0.2) is 49.7 Å². The number of carbonyl (C=O) groups is 1. The molecular formula is C12H24NO2+. The van der Waals surface area contributed by atoms with E-state index in [4.69, 9.17) is 4.74 Å². The minimum atomic E-state index is 0.0254. The highest BCUT2D eigenvalue weighted by molar-refractivity contribution is 5.79. The maximum absolute atomic E-state index is 11.7. The second-order valence-electron chi connectivity index (χ2n) is 5.59.